The summed E-state index contributed by atoms with van der Waals surface area (Å²) >= 11 is 0. The third-order valence-corrected chi connectivity index (χ3v) is 4.02. The van der Waals surface area contributed by atoms with E-state index in [1.54, 1.807) is 0 Å². The highest BCUT2D eigenvalue weighted by molar-refractivity contribution is 5.78. The van der Waals surface area contributed by atoms with E-state index in [-0.39, 0.29) is 11.8 Å². The van der Waals surface area contributed by atoms with Gasteiger partial charge in [0.1, 0.15) is 0 Å². The van der Waals surface area contributed by atoms with Gasteiger partial charge in [-0.3, -0.25) is 14.5 Å². The number of carbonyl (C=O) groups excluding carboxylic acids is 2. The Kier molecular flexibility index (Phi) is 7.03. The fourth-order valence-electron chi connectivity index (χ4n) is 2.62. The van der Waals surface area contributed by atoms with E-state index >= 15 is 0 Å². The number of rotatable bonds is 7. The van der Waals surface area contributed by atoms with Crippen molar-refractivity contribution in [2.24, 2.45) is 5.73 Å². The van der Waals surface area contributed by atoms with Gasteiger partial charge in [0.2, 0.25) is 11.8 Å². The highest BCUT2D eigenvalue weighted by atomic mass is 16.2. The van der Waals surface area contributed by atoms with E-state index in [1.807, 2.05) is 35.2 Å². The predicted molar refractivity (Wildman–Crippen MR) is 89.6 cm³/mol. The quantitative estimate of drug-likeness (QED) is 0.752. The van der Waals surface area contributed by atoms with Crippen LogP contribution in [-0.2, 0) is 16.1 Å². The van der Waals surface area contributed by atoms with E-state index in [2.05, 4.69) is 10.2 Å². The third-order valence-electron chi connectivity index (χ3n) is 4.02. The molecule has 0 atom stereocenters. The van der Waals surface area contributed by atoms with Crippen LogP contribution >= 0.6 is 0 Å². The van der Waals surface area contributed by atoms with Crippen LogP contribution in [0, 0.1) is 0 Å². The van der Waals surface area contributed by atoms with Gasteiger partial charge in [0.05, 0.1) is 6.54 Å². The SMILES string of the molecule is NCCCC(=O)N1CCN(CC(=O)NCc2ccccc2)CC1. The molecular weight excluding hydrogens is 292 g/mol. The Morgan fingerprint density at radius 3 is 2.43 bits per heavy atom. The number of carbonyl (C=O) groups is 2. The zero-order chi connectivity index (χ0) is 16.5. The van der Waals surface area contributed by atoms with Crippen molar-refractivity contribution in [1.29, 1.82) is 0 Å². The van der Waals surface area contributed by atoms with Crippen LogP contribution in [0.5, 0.6) is 0 Å². The van der Waals surface area contributed by atoms with Crippen LogP contribution in [-0.4, -0.2) is 60.9 Å². The molecule has 6 heteroatoms. The molecule has 0 aromatic heterocycles. The lowest BCUT2D eigenvalue weighted by Gasteiger charge is -2.34. The summed E-state index contributed by atoms with van der Waals surface area (Å²) in [4.78, 5) is 27.9. The average molecular weight is 318 g/mol. The molecule has 1 aromatic rings. The molecule has 0 spiro atoms. The summed E-state index contributed by atoms with van der Waals surface area (Å²) in [6.45, 7) is 4.35. The zero-order valence-electron chi connectivity index (χ0n) is 13.5. The van der Waals surface area contributed by atoms with Gasteiger partial charge < -0.3 is 16.0 Å². The lowest BCUT2D eigenvalue weighted by Crippen LogP contribution is -2.51. The van der Waals surface area contributed by atoms with Crippen LogP contribution in [0.15, 0.2) is 30.3 Å². The van der Waals surface area contributed by atoms with Crippen LogP contribution in [0.2, 0.25) is 0 Å². The molecule has 0 unspecified atom stereocenters. The molecule has 3 N–H and O–H groups in total. The Labute approximate surface area is 137 Å². The lowest BCUT2D eigenvalue weighted by molar-refractivity contribution is -0.133. The second-order valence-corrected chi connectivity index (χ2v) is 5.81. The van der Waals surface area contributed by atoms with E-state index in [9.17, 15) is 9.59 Å². The van der Waals surface area contributed by atoms with Gasteiger partial charge in [-0.2, -0.15) is 0 Å². The Balaban J connectivity index is 1.65. The van der Waals surface area contributed by atoms with Gasteiger partial charge in [0, 0.05) is 39.1 Å². The smallest absolute Gasteiger partial charge is 0.234 e. The highest BCUT2D eigenvalue weighted by Crippen LogP contribution is 2.05. The molecule has 6 nitrogen and oxygen atoms in total. The minimum atomic E-state index is 0.0248. The molecule has 0 radical (unpaired) electrons. The van der Waals surface area contributed by atoms with Crippen molar-refractivity contribution in [3.8, 4) is 0 Å². The minimum absolute atomic E-state index is 0.0248. The minimum Gasteiger partial charge on any atom is -0.351 e. The average Bonchev–Trinajstić information content (AvgIpc) is 2.59. The van der Waals surface area contributed by atoms with E-state index in [0.717, 1.165) is 25.1 Å². The van der Waals surface area contributed by atoms with E-state index in [4.69, 9.17) is 5.73 Å². The number of benzene rings is 1. The second kappa shape index (κ2) is 9.27. The number of nitrogens with one attached hydrogen (secondary N) is 1. The van der Waals surface area contributed by atoms with E-state index < -0.39 is 0 Å². The maximum absolute atomic E-state index is 12.0. The normalized spacial score (nSPS) is 15.4. The molecule has 2 amide bonds. The number of piperazine rings is 1. The van der Waals surface area contributed by atoms with Gasteiger partial charge in [0.15, 0.2) is 0 Å². The molecule has 0 saturated carbocycles. The molecule has 1 fully saturated rings. The van der Waals surface area contributed by atoms with Crippen LogP contribution in [0.1, 0.15) is 18.4 Å². The van der Waals surface area contributed by atoms with Crippen molar-refractivity contribution in [3.05, 3.63) is 35.9 Å². The number of nitrogens with two attached hydrogens (primary N) is 1. The fraction of sp³-hybridized carbons (Fsp3) is 0.529. The molecule has 1 aromatic carbocycles. The van der Waals surface area contributed by atoms with Crippen molar-refractivity contribution in [2.45, 2.75) is 19.4 Å². The summed E-state index contributed by atoms with van der Waals surface area (Å²) in [7, 11) is 0. The summed E-state index contributed by atoms with van der Waals surface area (Å²) in [6.07, 6.45) is 1.26. The standard InChI is InChI=1S/C17H26N4O2/c18-8-4-7-17(23)21-11-9-20(10-12-21)14-16(22)19-13-15-5-2-1-3-6-15/h1-3,5-6H,4,7-14,18H2,(H,19,22). The topological polar surface area (TPSA) is 78.7 Å². The second-order valence-electron chi connectivity index (χ2n) is 5.81. The Morgan fingerprint density at radius 2 is 1.78 bits per heavy atom. The van der Waals surface area contributed by atoms with Crippen LogP contribution in [0.3, 0.4) is 0 Å². The molecule has 1 saturated heterocycles. The Bertz CT molecular complexity index is 499. The summed E-state index contributed by atoms with van der Waals surface area (Å²) < 4.78 is 0. The fourth-order valence-corrected chi connectivity index (χ4v) is 2.62. The van der Waals surface area contributed by atoms with Gasteiger partial charge in [-0.25, -0.2) is 0 Å². The lowest BCUT2D eigenvalue weighted by atomic mass is 10.2. The van der Waals surface area contributed by atoms with Gasteiger partial charge in [-0.15, -0.1) is 0 Å². The van der Waals surface area contributed by atoms with Gasteiger partial charge in [0.25, 0.3) is 0 Å². The first kappa shape index (κ1) is 17.4. The van der Waals surface area contributed by atoms with E-state index in [1.165, 1.54) is 0 Å². The van der Waals surface area contributed by atoms with Gasteiger partial charge in [-0.05, 0) is 18.5 Å². The van der Waals surface area contributed by atoms with Crippen molar-refractivity contribution >= 4 is 11.8 Å². The van der Waals surface area contributed by atoms with Crippen LogP contribution in [0.4, 0.5) is 0 Å². The van der Waals surface area contributed by atoms with Crippen molar-refractivity contribution in [2.75, 3.05) is 39.3 Å². The maximum Gasteiger partial charge on any atom is 0.234 e. The molecular formula is C17H26N4O2. The number of hydrogen-bond donors (Lipinski definition) is 2. The molecule has 0 bridgehead atoms. The summed E-state index contributed by atoms with van der Waals surface area (Å²) in [6, 6.07) is 9.86. The summed E-state index contributed by atoms with van der Waals surface area (Å²) in [5.41, 5.74) is 6.52. The maximum atomic E-state index is 12.0. The molecule has 1 heterocycles. The monoisotopic (exact) mass is 318 g/mol. The predicted octanol–water partition coefficient (Wildman–Crippen LogP) is 0.186. The van der Waals surface area contributed by atoms with Crippen LogP contribution < -0.4 is 11.1 Å². The Hall–Kier alpha value is -1.92. The van der Waals surface area contributed by atoms with Gasteiger partial charge >= 0.3 is 0 Å². The first-order valence-electron chi connectivity index (χ1n) is 8.20. The van der Waals surface area contributed by atoms with Gasteiger partial charge in [-0.1, -0.05) is 30.3 Å². The summed E-state index contributed by atoms with van der Waals surface area (Å²) in [5, 5.41) is 2.93. The third kappa shape index (κ3) is 6.00. The molecule has 0 aliphatic carbocycles. The summed E-state index contributed by atoms with van der Waals surface area (Å²) in [5.74, 6) is 0.195. The molecule has 1 aliphatic heterocycles. The molecule has 23 heavy (non-hydrogen) atoms. The number of hydrogen-bond acceptors (Lipinski definition) is 4. The van der Waals surface area contributed by atoms with Crippen molar-refractivity contribution in [1.82, 2.24) is 15.1 Å². The molecule has 2 rings (SSSR count). The van der Waals surface area contributed by atoms with Crippen molar-refractivity contribution < 1.29 is 9.59 Å². The first-order valence-corrected chi connectivity index (χ1v) is 8.20. The van der Waals surface area contributed by atoms with Crippen LogP contribution in [0.25, 0.3) is 0 Å². The molecule has 126 valence electrons. The first-order chi connectivity index (χ1) is 11.2. The van der Waals surface area contributed by atoms with Crippen molar-refractivity contribution in [3.63, 3.8) is 0 Å². The molecule has 1 aliphatic rings. The number of amides is 2. The highest BCUT2D eigenvalue weighted by Gasteiger charge is 2.21. The number of nitrogens with zero attached hydrogens (tertiary/aromatic N) is 2. The largest absolute Gasteiger partial charge is 0.351 e. The van der Waals surface area contributed by atoms with E-state index in [0.29, 0.717) is 39.1 Å². The Morgan fingerprint density at radius 1 is 1.09 bits per heavy atom. The zero-order valence-corrected chi connectivity index (χ0v) is 13.5.